The number of urea groups is 1. The molecule has 2 N–H and O–H groups in total. The minimum absolute atomic E-state index is 0.306. The number of carbonyl (C=O) groups is 2. The molecular formula is C26H24N2O5. The Labute approximate surface area is 192 Å². The Morgan fingerprint density at radius 1 is 0.879 bits per heavy atom. The summed E-state index contributed by atoms with van der Waals surface area (Å²) < 4.78 is 16.1. The Kier molecular flexibility index (Phi) is 6.59. The van der Waals surface area contributed by atoms with Gasteiger partial charge < -0.3 is 24.8 Å². The number of rotatable bonds is 7. The summed E-state index contributed by atoms with van der Waals surface area (Å²) >= 11 is 0. The molecule has 0 fully saturated rings. The van der Waals surface area contributed by atoms with Crippen LogP contribution in [-0.2, 0) is 16.1 Å². The van der Waals surface area contributed by atoms with E-state index in [2.05, 4.69) is 10.6 Å². The van der Waals surface area contributed by atoms with E-state index in [9.17, 15) is 9.59 Å². The first kappa shape index (κ1) is 22.0. The van der Waals surface area contributed by atoms with Crippen molar-refractivity contribution < 1.29 is 23.8 Å². The van der Waals surface area contributed by atoms with Crippen molar-refractivity contribution in [2.24, 2.45) is 0 Å². The van der Waals surface area contributed by atoms with Crippen LogP contribution < -0.4 is 20.1 Å². The Morgan fingerprint density at radius 2 is 1.55 bits per heavy atom. The highest BCUT2D eigenvalue weighted by atomic mass is 16.5. The predicted octanol–water partition coefficient (Wildman–Crippen LogP) is 4.21. The molecule has 0 radical (unpaired) electrons. The molecule has 4 rings (SSSR count). The molecular weight excluding hydrogens is 420 g/mol. The van der Waals surface area contributed by atoms with E-state index in [0.717, 1.165) is 11.1 Å². The summed E-state index contributed by atoms with van der Waals surface area (Å²) in [5, 5.41) is 5.57. The lowest BCUT2D eigenvalue weighted by molar-refractivity contribution is -0.136. The third-order valence-electron chi connectivity index (χ3n) is 5.32. The van der Waals surface area contributed by atoms with Crippen LogP contribution in [0.5, 0.6) is 11.5 Å². The molecule has 7 nitrogen and oxygen atoms in total. The van der Waals surface area contributed by atoms with Gasteiger partial charge in [0.25, 0.3) is 0 Å². The summed E-state index contributed by atoms with van der Waals surface area (Å²) in [5.74, 6) is 0.812. The maximum absolute atomic E-state index is 12.8. The van der Waals surface area contributed by atoms with Gasteiger partial charge >= 0.3 is 12.0 Å². The third-order valence-corrected chi connectivity index (χ3v) is 5.32. The molecule has 1 atom stereocenters. The summed E-state index contributed by atoms with van der Waals surface area (Å²) in [7, 11) is 2.89. The van der Waals surface area contributed by atoms with Gasteiger partial charge in [0.05, 0.1) is 31.5 Å². The molecule has 3 aromatic carbocycles. The lowest BCUT2D eigenvalue weighted by atomic mass is 9.92. The first-order valence-electron chi connectivity index (χ1n) is 10.4. The van der Waals surface area contributed by atoms with Gasteiger partial charge in [0.2, 0.25) is 0 Å². The molecule has 1 aliphatic rings. The first-order chi connectivity index (χ1) is 16.1. The molecule has 0 saturated carbocycles. The van der Waals surface area contributed by atoms with Crippen molar-refractivity contribution in [2.75, 3.05) is 14.2 Å². The Morgan fingerprint density at radius 3 is 2.18 bits per heavy atom. The number of amides is 2. The number of nitrogens with one attached hydrogen (secondary N) is 2. The smallest absolute Gasteiger partial charge is 0.338 e. The van der Waals surface area contributed by atoms with Crippen molar-refractivity contribution >= 4 is 17.7 Å². The van der Waals surface area contributed by atoms with Gasteiger partial charge in [-0.15, -0.1) is 0 Å². The van der Waals surface area contributed by atoms with Gasteiger partial charge in [0, 0.05) is 0 Å². The lowest BCUT2D eigenvalue weighted by Gasteiger charge is -2.29. The second kappa shape index (κ2) is 9.91. The third kappa shape index (κ3) is 4.98. The van der Waals surface area contributed by atoms with E-state index in [4.69, 9.17) is 14.2 Å². The molecule has 0 aliphatic carbocycles. The molecule has 1 heterocycles. The summed E-state index contributed by atoms with van der Waals surface area (Å²) in [6.07, 6.45) is 0. The molecule has 0 bridgehead atoms. The highest BCUT2D eigenvalue weighted by Crippen LogP contribution is 2.33. The average molecular weight is 444 g/mol. The zero-order chi connectivity index (χ0) is 23.2. The number of hydrogen-bond acceptors (Lipinski definition) is 5. The number of carbonyl (C=O) groups excluding carboxylic acids is 2. The molecule has 1 aliphatic heterocycles. The monoisotopic (exact) mass is 444 g/mol. The minimum atomic E-state index is -0.688. The topological polar surface area (TPSA) is 85.9 Å². The zero-order valence-corrected chi connectivity index (χ0v) is 18.3. The van der Waals surface area contributed by atoms with Crippen LogP contribution in [0.2, 0.25) is 0 Å². The normalized spacial score (nSPS) is 15.3. The maximum Gasteiger partial charge on any atom is 0.338 e. The van der Waals surface area contributed by atoms with Crippen LogP contribution >= 0.6 is 0 Å². The van der Waals surface area contributed by atoms with Gasteiger partial charge in [0.15, 0.2) is 0 Å². The SMILES string of the molecule is COC(=O)C1=C(c2ccc(OC)cc2)NC(=O)NC1c1ccc(OCc2ccccc2)cc1. The van der Waals surface area contributed by atoms with Gasteiger partial charge in [-0.05, 0) is 53.1 Å². The Bertz CT molecular complexity index is 1160. The predicted molar refractivity (Wildman–Crippen MR) is 124 cm³/mol. The first-order valence-corrected chi connectivity index (χ1v) is 10.4. The van der Waals surface area contributed by atoms with Crippen LogP contribution in [0.1, 0.15) is 22.7 Å². The fourth-order valence-electron chi connectivity index (χ4n) is 3.63. The Balaban J connectivity index is 1.64. The summed E-state index contributed by atoms with van der Waals surface area (Å²) in [5.41, 5.74) is 3.15. The summed E-state index contributed by atoms with van der Waals surface area (Å²) in [4.78, 5) is 25.2. The van der Waals surface area contributed by atoms with Crippen molar-refractivity contribution in [1.82, 2.24) is 10.6 Å². The van der Waals surface area contributed by atoms with E-state index in [1.54, 1.807) is 31.4 Å². The highest BCUT2D eigenvalue weighted by Gasteiger charge is 2.34. The molecule has 1 unspecified atom stereocenters. The number of esters is 1. The van der Waals surface area contributed by atoms with Crippen molar-refractivity contribution in [3.63, 3.8) is 0 Å². The van der Waals surface area contributed by atoms with Crippen LogP contribution in [-0.4, -0.2) is 26.2 Å². The van der Waals surface area contributed by atoms with Crippen LogP contribution in [0.3, 0.4) is 0 Å². The fraction of sp³-hybridized carbons (Fsp3) is 0.154. The molecule has 0 spiro atoms. The zero-order valence-electron chi connectivity index (χ0n) is 18.3. The minimum Gasteiger partial charge on any atom is -0.497 e. The van der Waals surface area contributed by atoms with Gasteiger partial charge in [0.1, 0.15) is 18.1 Å². The molecule has 33 heavy (non-hydrogen) atoms. The van der Waals surface area contributed by atoms with E-state index < -0.39 is 18.0 Å². The van der Waals surface area contributed by atoms with Gasteiger partial charge in [-0.2, -0.15) is 0 Å². The van der Waals surface area contributed by atoms with Crippen LogP contribution in [0.25, 0.3) is 5.70 Å². The van der Waals surface area contributed by atoms with Gasteiger partial charge in [-0.1, -0.05) is 42.5 Å². The van der Waals surface area contributed by atoms with Crippen molar-refractivity contribution in [1.29, 1.82) is 0 Å². The van der Waals surface area contributed by atoms with Crippen molar-refractivity contribution in [3.8, 4) is 11.5 Å². The molecule has 2 amide bonds. The fourth-order valence-corrected chi connectivity index (χ4v) is 3.63. The van der Waals surface area contributed by atoms with Crippen molar-refractivity contribution in [3.05, 3.63) is 101 Å². The van der Waals surface area contributed by atoms with Gasteiger partial charge in [-0.3, -0.25) is 0 Å². The molecule has 0 saturated heterocycles. The lowest BCUT2D eigenvalue weighted by Crippen LogP contribution is -2.45. The summed E-state index contributed by atoms with van der Waals surface area (Å²) in [6, 6.07) is 23.1. The van der Waals surface area contributed by atoms with Crippen LogP contribution in [0.4, 0.5) is 4.79 Å². The van der Waals surface area contributed by atoms with E-state index in [0.29, 0.717) is 34.9 Å². The summed E-state index contributed by atoms with van der Waals surface area (Å²) in [6.45, 7) is 0.444. The van der Waals surface area contributed by atoms with E-state index in [-0.39, 0.29) is 0 Å². The van der Waals surface area contributed by atoms with E-state index >= 15 is 0 Å². The standard InChI is InChI=1S/C26H24N2O5/c1-31-20-12-8-18(9-13-20)23-22(25(29)32-2)24(28-26(30)27-23)19-10-14-21(15-11-19)33-16-17-6-4-3-5-7-17/h3-15,24H,16H2,1-2H3,(H2,27,28,30). The second-order valence-corrected chi connectivity index (χ2v) is 7.38. The molecule has 168 valence electrons. The van der Waals surface area contributed by atoms with E-state index in [1.807, 2.05) is 54.6 Å². The van der Waals surface area contributed by atoms with Crippen LogP contribution in [0, 0.1) is 0 Å². The van der Waals surface area contributed by atoms with Crippen LogP contribution in [0.15, 0.2) is 84.4 Å². The number of hydrogen-bond donors (Lipinski definition) is 2. The second-order valence-electron chi connectivity index (χ2n) is 7.38. The average Bonchev–Trinajstić information content (AvgIpc) is 2.87. The quantitative estimate of drug-likeness (QED) is 0.533. The number of benzene rings is 3. The Hall–Kier alpha value is -4.26. The van der Waals surface area contributed by atoms with Crippen molar-refractivity contribution in [2.45, 2.75) is 12.6 Å². The molecule has 3 aromatic rings. The number of ether oxygens (including phenoxy) is 3. The number of methoxy groups -OCH3 is 2. The maximum atomic E-state index is 12.8. The van der Waals surface area contributed by atoms with Gasteiger partial charge in [-0.25, -0.2) is 9.59 Å². The van der Waals surface area contributed by atoms with E-state index in [1.165, 1.54) is 7.11 Å². The highest BCUT2D eigenvalue weighted by molar-refractivity contribution is 6.04. The largest absolute Gasteiger partial charge is 0.497 e. The molecule has 7 heteroatoms. The molecule has 0 aromatic heterocycles.